The third kappa shape index (κ3) is 3.59. The van der Waals surface area contributed by atoms with Gasteiger partial charge in [-0.3, -0.25) is 4.79 Å². The Kier molecular flexibility index (Phi) is 5.88. The van der Waals surface area contributed by atoms with Gasteiger partial charge >= 0.3 is 0 Å². The molecule has 5 heteroatoms. The summed E-state index contributed by atoms with van der Waals surface area (Å²) in [7, 11) is 1.63. The highest BCUT2D eigenvalue weighted by Crippen LogP contribution is 2.20. The number of hydrogen-bond donors (Lipinski definition) is 1. The SMILES string of the molecule is COCC(CCBr)NC(=O)c1c(C)oc(C)c1C. The van der Waals surface area contributed by atoms with Gasteiger partial charge in [0.1, 0.15) is 11.5 Å². The summed E-state index contributed by atoms with van der Waals surface area (Å²) in [4.78, 5) is 12.2. The summed E-state index contributed by atoms with van der Waals surface area (Å²) < 4.78 is 10.6. The fourth-order valence-corrected chi connectivity index (χ4v) is 2.47. The molecule has 0 fully saturated rings. The molecule has 1 aromatic heterocycles. The van der Waals surface area contributed by atoms with Gasteiger partial charge in [-0.2, -0.15) is 0 Å². The topological polar surface area (TPSA) is 51.5 Å². The van der Waals surface area contributed by atoms with Gasteiger partial charge in [0.2, 0.25) is 0 Å². The first kappa shape index (κ1) is 15.2. The fourth-order valence-electron chi connectivity index (χ4n) is 1.92. The summed E-state index contributed by atoms with van der Waals surface area (Å²) in [5.41, 5.74) is 1.54. The van der Waals surface area contributed by atoms with Crippen molar-refractivity contribution in [3.05, 3.63) is 22.6 Å². The summed E-state index contributed by atoms with van der Waals surface area (Å²) in [6.45, 7) is 6.08. The summed E-state index contributed by atoms with van der Waals surface area (Å²) in [6, 6.07) is 0.0101. The molecule has 0 aliphatic heterocycles. The first-order valence-corrected chi connectivity index (χ1v) is 7.05. The maximum atomic E-state index is 12.2. The molecule has 1 heterocycles. The van der Waals surface area contributed by atoms with Crippen LogP contribution in [0.5, 0.6) is 0 Å². The maximum absolute atomic E-state index is 12.2. The van der Waals surface area contributed by atoms with E-state index >= 15 is 0 Å². The Balaban J connectivity index is 2.80. The minimum atomic E-state index is -0.0927. The zero-order chi connectivity index (χ0) is 13.7. The van der Waals surface area contributed by atoms with E-state index in [0.29, 0.717) is 17.9 Å². The van der Waals surface area contributed by atoms with E-state index in [2.05, 4.69) is 21.2 Å². The molecular formula is C13H20BrNO3. The van der Waals surface area contributed by atoms with E-state index in [1.165, 1.54) is 0 Å². The highest BCUT2D eigenvalue weighted by Gasteiger charge is 2.20. The number of aryl methyl sites for hydroxylation is 2. The van der Waals surface area contributed by atoms with Crippen LogP contribution in [0.2, 0.25) is 0 Å². The Labute approximate surface area is 116 Å². The standard InChI is InChI=1S/C13H20BrNO3/c1-8-9(2)18-10(3)12(8)13(16)15-11(5-6-14)7-17-4/h11H,5-7H2,1-4H3,(H,15,16). The van der Waals surface area contributed by atoms with E-state index in [1.807, 2.05) is 20.8 Å². The van der Waals surface area contributed by atoms with E-state index in [4.69, 9.17) is 9.15 Å². The van der Waals surface area contributed by atoms with Gasteiger partial charge in [-0.25, -0.2) is 0 Å². The van der Waals surface area contributed by atoms with Gasteiger partial charge in [0, 0.05) is 18.0 Å². The highest BCUT2D eigenvalue weighted by molar-refractivity contribution is 9.09. The van der Waals surface area contributed by atoms with Gasteiger partial charge in [-0.1, -0.05) is 15.9 Å². The van der Waals surface area contributed by atoms with Crippen molar-refractivity contribution in [1.82, 2.24) is 5.32 Å². The molecule has 102 valence electrons. The number of carbonyl (C=O) groups is 1. The molecule has 0 spiro atoms. The first-order chi connectivity index (χ1) is 8.51. The quantitative estimate of drug-likeness (QED) is 0.821. The second-order valence-electron chi connectivity index (χ2n) is 4.32. The van der Waals surface area contributed by atoms with Crippen molar-refractivity contribution in [1.29, 1.82) is 0 Å². The predicted molar refractivity (Wildman–Crippen MR) is 74.5 cm³/mol. The van der Waals surface area contributed by atoms with Gasteiger partial charge in [0.15, 0.2) is 0 Å². The van der Waals surface area contributed by atoms with Crippen LogP contribution in [0.4, 0.5) is 0 Å². The average molecular weight is 318 g/mol. The van der Waals surface area contributed by atoms with Crippen LogP contribution in [0.1, 0.15) is 33.9 Å². The van der Waals surface area contributed by atoms with Crippen LogP contribution >= 0.6 is 15.9 Å². The van der Waals surface area contributed by atoms with Gasteiger partial charge in [-0.05, 0) is 27.2 Å². The lowest BCUT2D eigenvalue weighted by Gasteiger charge is -2.16. The number of nitrogens with one attached hydrogen (secondary N) is 1. The summed E-state index contributed by atoms with van der Waals surface area (Å²) in [5.74, 6) is 1.36. The lowest BCUT2D eigenvalue weighted by Crippen LogP contribution is -2.38. The molecule has 1 rings (SSSR count). The minimum absolute atomic E-state index is 0.0101. The number of furan rings is 1. The molecule has 1 amide bonds. The van der Waals surface area contributed by atoms with Crippen LogP contribution < -0.4 is 5.32 Å². The molecule has 0 aliphatic rings. The molecule has 0 saturated heterocycles. The minimum Gasteiger partial charge on any atom is -0.466 e. The third-order valence-electron chi connectivity index (χ3n) is 2.95. The summed E-state index contributed by atoms with van der Waals surface area (Å²) in [5, 5.41) is 3.80. The molecular weight excluding hydrogens is 298 g/mol. The number of amides is 1. The highest BCUT2D eigenvalue weighted by atomic mass is 79.9. The van der Waals surface area contributed by atoms with E-state index in [-0.39, 0.29) is 11.9 Å². The molecule has 0 aromatic carbocycles. The molecule has 1 atom stereocenters. The number of alkyl halides is 1. The number of carbonyl (C=O) groups excluding carboxylic acids is 1. The second kappa shape index (κ2) is 6.95. The van der Waals surface area contributed by atoms with Crippen LogP contribution in [0.25, 0.3) is 0 Å². The number of hydrogen-bond acceptors (Lipinski definition) is 3. The van der Waals surface area contributed by atoms with Gasteiger partial charge in [-0.15, -0.1) is 0 Å². The average Bonchev–Trinajstić information content (AvgIpc) is 2.53. The monoisotopic (exact) mass is 317 g/mol. The van der Waals surface area contributed by atoms with Crippen molar-refractivity contribution in [2.24, 2.45) is 0 Å². The molecule has 4 nitrogen and oxygen atoms in total. The Bertz CT molecular complexity index is 409. The van der Waals surface area contributed by atoms with Crippen LogP contribution in [0, 0.1) is 20.8 Å². The first-order valence-electron chi connectivity index (χ1n) is 5.93. The largest absolute Gasteiger partial charge is 0.466 e. The zero-order valence-electron chi connectivity index (χ0n) is 11.3. The van der Waals surface area contributed by atoms with Gasteiger partial charge in [0.25, 0.3) is 5.91 Å². The molecule has 0 saturated carbocycles. The van der Waals surface area contributed by atoms with Crippen LogP contribution in [0.3, 0.4) is 0 Å². The van der Waals surface area contributed by atoms with Crippen LogP contribution in [-0.2, 0) is 4.74 Å². The molecule has 1 aromatic rings. The number of rotatable bonds is 6. The third-order valence-corrected chi connectivity index (χ3v) is 3.41. The molecule has 1 unspecified atom stereocenters. The zero-order valence-corrected chi connectivity index (χ0v) is 12.9. The second-order valence-corrected chi connectivity index (χ2v) is 5.11. The molecule has 18 heavy (non-hydrogen) atoms. The Morgan fingerprint density at radius 3 is 2.50 bits per heavy atom. The lowest BCUT2D eigenvalue weighted by atomic mass is 10.1. The number of halogens is 1. The summed E-state index contributed by atoms with van der Waals surface area (Å²) >= 11 is 3.37. The Hall–Kier alpha value is -0.810. The maximum Gasteiger partial charge on any atom is 0.255 e. The predicted octanol–water partition coefficient (Wildman–Crippen LogP) is 2.73. The van der Waals surface area contributed by atoms with Gasteiger partial charge < -0.3 is 14.5 Å². The van der Waals surface area contributed by atoms with Crippen LogP contribution in [0.15, 0.2) is 4.42 Å². The van der Waals surface area contributed by atoms with Crippen molar-refractivity contribution in [2.45, 2.75) is 33.2 Å². The molecule has 1 N–H and O–H groups in total. The van der Waals surface area contributed by atoms with Crippen molar-refractivity contribution >= 4 is 21.8 Å². The Morgan fingerprint density at radius 1 is 1.39 bits per heavy atom. The molecule has 0 radical (unpaired) electrons. The molecule has 0 bridgehead atoms. The lowest BCUT2D eigenvalue weighted by molar-refractivity contribution is 0.0893. The van der Waals surface area contributed by atoms with Crippen molar-refractivity contribution in [3.63, 3.8) is 0 Å². The molecule has 0 aliphatic carbocycles. The van der Waals surface area contributed by atoms with E-state index in [1.54, 1.807) is 7.11 Å². The van der Waals surface area contributed by atoms with E-state index in [9.17, 15) is 4.79 Å². The number of methoxy groups -OCH3 is 1. The van der Waals surface area contributed by atoms with E-state index in [0.717, 1.165) is 23.1 Å². The Morgan fingerprint density at radius 2 is 2.06 bits per heavy atom. The number of ether oxygens (including phenoxy) is 1. The smallest absolute Gasteiger partial charge is 0.255 e. The van der Waals surface area contributed by atoms with Crippen molar-refractivity contribution < 1.29 is 13.9 Å². The van der Waals surface area contributed by atoms with E-state index < -0.39 is 0 Å². The van der Waals surface area contributed by atoms with Gasteiger partial charge in [0.05, 0.1) is 18.2 Å². The summed E-state index contributed by atoms with van der Waals surface area (Å²) in [6.07, 6.45) is 0.828. The van der Waals surface area contributed by atoms with Crippen LogP contribution in [-0.4, -0.2) is 31.0 Å². The van der Waals surface area contributed by atoms with Crippen molar-refractivity contribution in [3.8, 4) is 0 Å². The normalized spacial score (nSPS) is 12.5. The fraction of sp³-hybridized carbons (Fsp3) is 0.615. The van der Waals surface area contributed by atoms with Crippen molar-refractivity contribution in [2.75, 3.05) is 19.0 Å².